The lowest BCUT2D eigenvalue weighted by Crippen LogP contribution is -2.60. The lowest BCUT2D eigenvalue weighted by Gasteiger charge is -2.35. The van der Waals surface area contributed by atoms with Crippen molar-refractivity contribution in [3.63, 3.8) is 0 Å². The second-order valence-electron chi connectivity index (χ2n) is 17.2. The van der Waals surface area contributed by atoms with Gasteiger partial charge in [0.25, 0.3) is 5.91 Å². The summed E-state index contributed by atoms with van der Waals surface area (Å²) in [5.74, 6) is -1.48. The van der Waals surface area contributed by atoms with Gasteiger partial charge in [0.15, 0.2) is 0 Å². The minimum Gasteiger partial charge on any atom is -0.497 e. The normalized spacial score (nSPS) is 25.6. The third-order valence-corrected chi connectivity index (χ3v) is 13.7. The van der Waals surface area contributed by atoms with Crippen LogP contribution in [0.3, 0.4) is 0 Å². The van der Waals surface area contributed by atoms with Crippen LogP contribution in [0.2, 0.25) is 0 Å². The number of carbonyl (C=O) groups excluding carboxylic acids is 4. The number of benzene rings is 2. The SMILES string of the molecule is CC[C@@H]1C[C@]1(NC(=O)[C@H]1C[C@@H]2CN1C(=O)[C@H](C(C)(C)C)NC(=O)OCCCCCCc1cccc(c1)-c1nn2nc1-c1ccc(OC)cc1)C(=O)NS(=O)(=O)C1CC1. The highest BCUT2D eigenvalue weighted by Crippen LogP contribution is 2.47. The number of alkyl carbamates (subject to hydrolysis) is 1. The number of cyclic esters (lactones) is 1. The molecule has 15 nitrogen and oxygen atoms in total. The molecule has 2 saturated carbocycles. The Hall–Kier alpha value is -4.99. The van der Waals surface area contributed by atoms with Crippen LogP contribution in [0.25, 0.3) is 22.5 Å². The van der Waals surface area contributed by atoms with Gasteiger partial charge < -0.3 is 25.0 Å². The molecule has 5 atom stereocenters. The number of hydrogen-bond donors (Lipinski definition) is 3. The fourth-order valence-corrected chi connectivity index (χ4v) is 9.55. The standard InChI is InChI=1S/C42H55N7O8S/c1-6-29-24-42(29,39(52)47-58(54,55)32-19-20-32)44-37(50)33-23-30-25-48(33)38(51)36(41(2,3)4)43-40(53)57-21-10-8-7-9-12-26-13-11-14-28(22-26)35-34(45-49(30)46-35)27-15-17-31(56-5)18-16-27/h11,13-18,22,29-30,32-33,36H,6-10,12,19-21,23-25H2,1-5H3,(H,43,53)(H,44,50)(H,47,52)/t29-,30-,33-,36-,42-/m1/s1. The van der Waals surface area contributed by atoms with Crippen molar-refractivity contribution in [3.8, 4) is 28.3 Å². The molecule has 7 rings (SSSR count). The van der Waals surface area contributed by atoms with Crippen molar-refractivity contribution in [1.82, 2.24) is 35.2 Å². The van der Waals surface area contributed by atoms with Crippen LogP contribution in [-0.2, 0) is 35.6 Å². The van der Waals surface area contributed by atoms with E-state index in [-0.39, 0.29) is 31.9 Å². The van der Waals surface area contributed by atoms with Crippen molar-refractivity contribution in [1.29, 1.82) is 0 Å². The number of carbonyl (C=O) groups is 4. The first kappa shape index (κ1) is 41.2. The number of amides is 4. The summed E-state index contributed by atoms with van der Waals surface area (Å²) in [4.78, 5) is 59.2. The Kier molecular flexibility index (Phi) is 11.6. The smallest absolute Gasteiger partial charge is 0.407 e. The van der Waals surface area contributed by atoms with Gasteiger partial charge in [0, 0.05) is 24.1 Å². The minimum absolute atomic E-state index is 0.0168. The van der Waals surface area contributed by atoms with E-state index in [1.807, 2.05) is 64.1 Å². The second-order valence-corrected chi connectivity index (χ2v) is 19.2. The highest BCUT2D eigenvalue weighted by molar-refractivity contribution is 7.91. The molecule has 3 heterocycles. The molecule has 3 N–H and O–H groups in total. The Morgan fingerprint density at radius 2 is 1.71 bits per heavy atom. The molecule has 3 fully saturated rings. The summed E-state index contributed by atoms with van der Waals surface area (Å²) in [7, 11) is -2.28. The molecule has 4 amide bonds. The van der Waals surface area contributed by atoms with Crippen LogP contribution in [-0.4, -0.2) is 95.3 Å². The zero-order chi connectivity index (χ0) is 41.4. The molecular formula is C42H55N7O8S. The van der Waals surface area contributed by atoms with Crippen LogP contribution >= 0.6 is 0 Å². The first-order valence-electron chi connectivity index (χ1n) is 20.5. The van der Waals surface area contributed by atoms with Gasteiger partial charge in [-0.3, -0.25) is 19.1 Å². The number of aryl methyl sites for hydroxylation is 1. The summed E-state index contributed by atoms with van der Waals surface area (Å²) in [6, 6.07) is 13.0. The average Bonchev–Trinajstić information content (AvgIpc) is 4.08. The molecule has 0 radical (unpaired) electrons. The fraction of sp³-hybridized carbons (Fsp3) is 0.571. The Bertz CT molecular complexity index is 2150. The fourth-order valence-electron chi connectivity index (χ4n) is 8.19. The van der Waals surface area contributed by atoms with Crippen molar-refractivity contribution < 1.29 is 37.1 Å². The minimum atomic E-state index is -3.88. The molecule has 6 bridgehead atoms. The maximum absolute atomic E-state index is 14.8. The summed E-state index contributed by atoms with van der Waals surface area (Å²) in [6.07, 6.45) is 5.39. The lowest BCUT2D eigenvalue weighted by molar-refractivity contribution is -0.142. The Morgan fingerprint density at radius 3 is 2.36 bits per heavy atom. The number of hydrogen-bond acceptors (Lipinski definition) is 10. The maximum atomic E-state index is 14.8. The van der Waals surface area contributed by atoms with Gasteiger partial charge >= 0.3 is 6.09 Å². The number of aromatic nitrogens is 3. The largest absolute Gasteiger partial charge is 0.497 e. The number of nitrogens with zero attached hydrogens (tertiary/aromatic N) is 4. The van der Waals surface area contributed by atoms with E-state index in [1.54, 1.807) is 11.9 Å². The molecule has 4 aliphatic rings. The summed E-state index contributed by atoms with van der Waals surface area (Å²) in [5, 5.41) is 15.2. The van der Waals surface area contributed by atoms with Gasteiger partial charge in [-0.15, -0.1) is 0 Å². The van der Waals surface area contributed by atoms with Gasteiger partial charge in [-0.2, -0.15) is 15.0 Å². The van der Waals surface area contributed by atoms with Gasteiger partial charge in [0.2, 0.25) is 21.8 Å². The molecule has 2 aromatic carbocycles. The molecule has 2 aliphatic heterocycles. The molecular weight excluding hydrogens is 763 g/mol. The van der Waals surface area contributed by atoms with E-state index in [0.29, 0.717) is 42.8 Å². The quantitative estimate of drug-likeness (QED) is 0.282. The van der Waals surface area contributed by atoms with Crippen LogP contribution in [0.4, 0.5) is 4.79 Å². The van der Waals surface area contributed by atoms with Crippen molar-refractivity contribution >= 4 is 33.8 Å². The molecule has 3 aromatic rings. The van der Waals surface area contributed by atoms with Crippen molar-refractivity contribution in [2.45, 2.75) is 121 Å². The predicted molar refractivity (Wildman–Crippen MR) is 216 cm³/mol. The lowest BCUT2D eigenvalue weighted by atomic mass is 9.85. The van der Waals surface area contributed by atoms with E-state index >= 15 is 0 Å². The topological polar surface area (TPSA) is 191 Å². The maximum Gasteiger partial charge on any atom is 0.407 e. The molecule has 2 aliphatic carbocycles. The molecule has 58 heavy (non-hydrogen) atoms. The number of sulfonamides is 1. The number of ether oxygens (including phenoxy) is 2. The number of nitrogens with one attached hydrogen (secondary N) is 3. The Morgan fingerprint density at radius 1 is 1.00 bits per heavy atom. The highest BCUT2D eigenvalue weighted by Gasteiger charge is 2.62. The van der Waals surface area contributed by atoms with Crippen LogP contribution in [0, 0.1) is 11.3 Å². The van der Waals surface area contributed by atoms with Crippen LogP contribution in [0.5, 0.6) is 5.75 Å². The van der Waals surface area contributed by atoms with E-state index in [0.717, 1.165) is 42.4 Å². The van der Waals surface area contributed by atoms with Gasteiger partial charge in [-0.05, 0) is 85.8 Å². The molecule has 0 unspecified atom stereocenters. The van der Waals surface area contributed by atoms with Crippen LogP contribution < -0.4 is 20.1 Å². The highest BCUT2D eigenvalue weighted by atomic mass is 32.2. The summed E-state index contributed by atoms with van der Waals surface area (Å²) < 4.78 is 38.9. The van der Waals surface area contributed by atoms with Gasteiger partial charge in [-0.25, -0.2) is 13.2 Å². The van der Waals surface area contributed by atoms with E-state index in [4.69, 9.17) is 19.7 Å². The van der Waals surface area contributed by atoms with Gasteiger partial charge in [0.05, 0.1) is 25.0 Å². The van der Waals surface area contributed by atoms with E-state index in [9.17, 15) is 27.6 Å². The van der Waals surface area contributed by atoms with Gasteiger partial charge in [-0.1, -0.05) is 65.2 Å². The molecule has 312 valence electrons. The molecule has 1 aromatic heterocycles. The summed E-state index contributed by atoms with van der Waals surface area (Å²) >= 11 is 0. The first-order valence-corrected chi connectivity index (χ1v) is 22.0. The molecule has 1 saturated heterocycles. The monoisotopic (exact) mass is 817 g/mol. The van der Waals surface area contributed by atoms with E-state index in [2.05, 4.69) is 27.5 Å². The molecule has 0 spiro atoms. The van der Waals surface area contributed by atoms with E-state index in [1.165, 1.54) is 4.90 Å². The summed E-state index contributed by atoms with van der Waals surface area (Å²) in [6.45, 7) is 7.56. The van der Waals surface area contributed by atoms with Crippen molar-refractivity contribution in [3.05, 3.63) is 54.1 Å². The van der Waals surface area contributed by atoms with Crippen molar-refractivity contribution in [2.24, 2.45) is 11.3 Å². The van der Waals surface area contributed by atoms with Crippen molar-refractivity contribution in [2.75, 3.05) is 20.3 Å². The third kappa shape index (κ3) is 8.71. The first-order chi connectivity index (χ1) is 27.6. The molecule has 16 heteroatoms. The Balaban J connectivity index is 1.28. The second kappa shape index (κ2) is 16.3. The third-order valence-electron chi connectivity index (χ3n) is 11.9. The Labute approximate surface area is 340 Å². The number of rotatable bonds is 8. The number of methoxy groups -OCH3 is 1. The van der Waals surface area contributed by atoms with Gasteiger partial charge in [0.1, 0.15) is 34.8 Å². The number of fused-ring (bicyclic) bond motifs is 8. The van der Waals surface area contributed by atoms with Crippen LogP contribution in [0.15, 0.2) is 48.5 Å². The summed E-state index contributed by atoms with van der Waals surface area (Å²) in [5.41, 5.74) is 1.84. The zero-order valence-corrected chi connectivity index (χ0v) is 34.8. The van der Waals surface area contributed by atoms with Crippen LogP contribution in [0.1, 0.15) is 97.1 Å². The zero-order valence-electron chi connectivity index (χ0n) is 34.0. The average molecular weight is 818 g/mol. The van der Waals surface area contributed by atoms with E-state index < -0.39 is 68.2 Å². The predicted octanol–water partition coefficient (Wildman–Crippen LogP) is 4.91.